The summed E-state index contributed by atoms with van der Waals surface area (Å²) in [5.41, 5.74) is 1.97. The zero-order valence-corrected chi connectivity index (χ0v) is 26.0. The Morgan fingerprint density at radius 1 is 1.09 bits per heavy atom. The molecule has 0 aromatic heterocycles. The topological polar surface area (TPSA) is 129 Å². The second-order valence-electron chi connectivity index (χ2n) is 12.5. The van der Waals surface area contributed by atoms with E-state index in [1.54, 1.807) is 17.0 Å². The van der Waals surface area contributed by atoms with Gasteiger partial charge in [0.15, 0.2) is 0 Å². The van der Waals surface area contributed by atoms with Crippen molar-refractivity contribution < 1.29 is 34.1 Å². The van der Waals surface area contributed by atoms with Gasteiger partial charge in [-0.3, -0.25) is 14.5 Å². The van der Waals surface area contributed by atoms with Crippen LogP contribution >= 0.6 is 0 Å². The first kappa shape index (κ1) is 31.9. The molecule has 3 N–H and O–H groups in total. The maximum Gasteiger partial charge on any atom is 0.335 e. The number of piperazine rings is 1. The third-order valence-electron chi connectivity index (χ3n) is 9.52. The molecule has 2 aromatic carbocycles. The standard InChI is InChI=1S/C34H45N3O7/c1-4-5-14-37-31(39)28(29(38)25-10-17-43-18-11-25)35-33(42)34(37)12-15-36(16-13-34)21-24-6-8-27(9-7-24)44-30-22(2)19-26(32(40)41)20-23(30)3/h6-9,19-20,25,28-29,38H,4-5,10-18,21H2,1-3H3,(H,35,42)(H,40,41)/t28-,29-/m1/s1. The van der Waals surface area contributed by atoms with Gasteiger partial charge in [0.1, 0.15) is 23.1 Å². The van der Waals surface area contributed by atoms with E-state index in [1.165, 1.54) is 0 Å². The van der Waals surface area contributed by atoms with Crippen LogP contribution in [-0.2, 0) is 20.9 Å². The van der Waals surface area contributed by atoms with Crippen LogP contribution in [0.1, 0.15) is 72.5 Å². The van der Waals surface area contributed by atoms with E-state index in [1.807, 2.05) is 38.1 Å². The van der Waals surface area contributed by atoms with Crippen molar-refractivity contribution in [3.63, 3.8) is 0 Å². The number of carboxylic acids is 1. The summed E-state index contributed by atoms with van der Waals surface area (Å²) < 4.78 is 11.5. The number of hydrogen-bond acceptors (Lipinski definition) is 7. The van der Waals surface area contributed by atoms with E-state index >= 15 is 0 Å². The van der Waals surface area contributed by atoms with Crippen molar-refractivity contribution in [3.05, 3.63) is 58.7 Å². The Kier molecular flexibility index (Phi) is 9.92. The lowest BCUT2D eigenvalue weighted by Gasteiger charge is -2.52. The lowest BCUT2D eigenvalue weighted by molar-refractivity contribution is -0.166. The molecule has 3 fully saturated rings. The smallest absolute Gasteiger partial charge is 0.335 e. The van der Waals surface area contributed by atoms with Crippen LogP contribution in [0.5, 0.6) is 11.5 Å². The molecule has 3 aliphatic rings. The van der Waals surface area contributed by atoms with Crippen molar-refractivity contribution in [2.75, 3.05) is 32.8 Å². The number of aryl methyl sites for hydroxylation is 2. The Labute approximate surface area is 259 Å². The summed E-state index contributed by atoms with van der Waals surface area (Å²) in [4.78, 5) is 43.0. The monoisotopic (exact) mass is 607 g/mol. The Morgan fingerprint density at radius 3 is 2.32 bits per heavy atom. The van der Waals surface area contributed by atoms with Gasteiger partial charge in [-0.1, -0.05) is 25.5 Å². The zero-order chi connectivity index (χ0) is 31.4. The largest absolute Gasteiger partial charge is 0.478 e. The van der Waals surface area contributed by atoms with Crippen LogP contribution in [0.4, 0.5) is 0 Å². The minimum absolute atomic E-state index is 0.0655. The molecular formula is C34H45N3O7. The number of nitrogens with zero attached hydrogens (tertiary/aromatic N) is 2. The quantitative estimate of drug-likeness (QED) is 0.369. The number of carbonyl (C=O) groups is 3. The van der Waals surface area contributed by atoms with Crippen molar-refractivity contribution >= 4 is 17.8 Å². The number of amides is 2. The van der Waals surface area contributed by atoms with Gasteiger partial charge >= 0.3 is 5.97 Å². The van der Waals surface area contributed by atoms with Gasteiger partial charge in [0.25, 0.3) is 0 Å². The van der Waals surface area contributed by atoms with E-state index in [0.29, 0.717) is 76.6 Å². The van der Waals surface area contributed by atoms with E-state index in [0.717, 1.165) is 29.5 Å². The fraction of sp³-hybridized carbons (Fsp3) is 0.559. The van der Waals surface area contributed by atoms with Gasteiger partial charge in [0, 0.05) is 39.4 Å². The highest BCUT2D eigenvalue weighted by Crippen LogP contribution is 2.36. The van der Waals surface area contributed by atoms with Crippen LogP contribution in [0.15, 0.2) is 36.4 Å². The van der Waals surface area contributed by atoms with Crippen molar-refractivity contribution in [2.45, 2.75) is 83.5 Å². The number of ether oxygens (including phenoxy) is 2. The van der Waals surface area contributed by atoms with Gasteiger partial charge in [-0.05, 0) is 92.8 Å². The summed E-state index contributed by atoms with van der Waals surface area (Å²) in [6.45, 7) is 9.43. The Bertz CT molecular complexity index is 1320. The molecule has 10 nitrogen and oxygen atoms in total. The van der Waals surface area contributed by atoms with Crippen molar-refractivity contribution in [1.29, 1.82) is 0 Å². The fourth-order valence-corrected chi connectivity index (χ4v) is 6.89. The molecule has 238 valence electrons. The number of aromatic carboxylic acids is 1. The summed E-state index contributed by atoms with van der Waals surface area (Å²) in [7, 11) is 0. The molecule has 10 heteroatoms. The minimum atomic E-state index is -0.964. The third kappa shape index (κ3) is 6.62. The summed E-state index contributed by atoms with van der Waals surface area (Å²) in [6, 6.07) is 10.2. The first-order valence-corrected chi connectivity index (χ1v) is 15.8. The Balaban J connectivity index is 1.22. The van der Waals surface area contributed by atoms with E-state index in [9.17, 15) is 24.6 Å². The van der Waals surface area contributed by atoms with E-state index in [-0.39, 0.29) is 23.3 Å². The number of aliphatic hydroxyl groups is 1. The van der Waals surface area contributed by atoms with Crippen molar-refractivity contribution in [1.82, 2.24) is 15.1 Å². The number of carbonyl (C=O) groups excluding carboxylic acids is 2. The number of piperidine rings is 1. The average molecular weight is 608 g/mol. The molecule has 5 rings (SSSR count). The van der Waals surface area contributed by atoms with Crippen LogP contribution in [-0.4, -0.2) is 88.3 Å². The second-order valence-corrected chi connectivity index (χ2v) is 12.5. The molecule has 0 saturated carbocycles. The van der Waals surface area contributed by atoms with Crippen LogP contribution in [0.25, 0.3) is 0 Å². The molecule has 0 radical (unpaired) electrons. The average Bonchev–Trinajstić information content (AvgIpc) is 3.02. The molecule has 2 aromatic rings. The highest BCUT2D eigenvalue weighted by Gasteiger charge is 2.55. The summed E-state index contributed by atoms with van der Waals surface area (Å²) in [5, 5.41) is 23.4. The van der Waals surface area contributed by atoms with Gasteiger partial charge in [-0.2, -0.15) is 0 Å². The van der Waals surface area contributed by atoms with Crippen LogP contribution in [0.2, 0.25) is 0 Å². The molecule has 3 saturated heterocycles. The predicted octanol–water partition coefficient (Wildman–Crippen LogP) is 4.04. The van der Waals surface area contributed by atoms with Crippen LogP contribution < -0.4 is 10.1 Å². The Hall–Kier alpha value is -3.47. The van der Waals surface area contributed by atoms with Gasteiger partial charge in [0.2, 0.25) is 11.8 Å². The number of hydrogen-bond donors (Lipinski definition) is 3. The van der Waals surface area contributed by atoms with Gasteiger partial charge in [-0.15, -0.1) is 0 Å². The number of carboxylic acid groups (broad SMARTS) is 1. The number of likely N-dealkylation sites (tertiary alicyclic amines) is 1. The molecule has 0 bridgehead atoms. The van der Waals surface area contributed by atoms with Gasteiger partial charge < -0.3 is 29.9 Å². The molecule has 44 heavy (non-hydrogen) atoms. The van der Waals surface area contributed by atoms with Gasteiger partial charge in [0.05, 0.1) is 11.7 Å². The maximum atomic E-state index is 13.8. The lowest BCUT2D eigenvalue weighted by atomic mass is 9.79. The van der Waals surface area contributed by atoms with E-state index in [4.69, 9.17) is 9.47 Å². The SMILES string of the molecule is CCCCN1C(=O)[C@@H]([C@H](O)C2CCOCC2)NC(=O)C12CCN(Cc1ccc(Oc3c(C)cc(C(=O)O)cc3C)cc1)CC2. The van der Waals surface area contributed by atoms with E-state index in [2.05, 4.69) is 17.1 Å². The molecule has 3 heterocycles. The van der Waals surface area contributed by atoms with Crippen molar-refractivity contribution in [2.24, 2.45) is 5.92 Å². The number of unbranched alkanes of at least 4 members (excludes halogenated alkanes) is 1. The van der Waals surface area contributed by atoms with Crippen molar-refractivity contribution in [3.8, 4) is 11.5 Å². The first-order valence-electron chi connectivity index (χ1n) is 15.8. The van der Waals surface area contributed by atoms with Crippen LogP contribution in [0, 0.1) is 19.8 Å². The number of rotatable bonds is 10. The second kappa shape index (κ2) is 13.7. The lowest BCUT2D eigenvalue weighted by Crippen LogP contribution is -2.75. The highest BCUT2D eigenvalue weighted by atomic mass is 16.5. The minimum Gasteiger partial charge on any atom is -0.478 e. The molecule has 2 amide bonds. The molecule has 2 atom stereocenters. The van der Waals surface area contributed by atoms with Gasteiger partial charge in [-0.25, -0.2) is 4.79 Å². The highest BCUT2D eigenvalue weighted by molar-refractivity contribution is 6.00. The molecule has 0 aliphatic carbocycles. The zero-order valence-electron chi connectivity index (χ0n) is 26.0. The van der Waals surface area contributed by atoms with E-state index < -0.39 is 23.7 Å². The molecule has 1 spiro atoms. The molecule has 0 unspecified atom stereocenters. The molecular weight excluding hydrogens is 562 g/mol. The maximum absolute atomic E-state index is 13.8. The third-order valence-corrected chi connectivity index (χ3v) is 9.52. The normalized spacial score (nSPS) is 21.7. The molecule has 3 aliphatic heterocycles. The summed E-state index contributed by atoms with van der Waals surface area (Å²) in [6.07, 6.45) is 3.25. The number of benzene rings is 2. The van der Waals surface area contributed by atoms with Crippen LogP contribution in [0.3, 0.4) is 0 Å². The first-order chi connectivity index (χ1) is 21.1. The predicted molar refractivity (Wildman–Crippen MR) is 165 cm³/mol. The summed E-state index contributed by atoms with van der Waals surface area (Å²) >= 11 is 0. The number of nitrogens with one attached hydrogen (secondary N) is 1. The fourth-order valence-electron chi connectivity index (χ4n) is 6.89. The Morgan fingerprint density at radius 2 is 1.73 bits per heavy atom. The number of aliphatic hydroxyl groups excluding tert-OH is 1. The summed E-state index contributed by atoms with van der Waals surface area (Å²) in [5.74, 6) is -0.0175.